The average molecular weight is 269 g/mol. The molecule has 3 aromatic rings. The molecular formula is C14H15N5O. The van der Waals surface area contributed by atoms with Crippen LogP contribution in [-0.2, 0) is 0 Å². The second-order valence-electron chi connectivity index (χ2n) is 4.63. The normalized spacial score (nSPS) is 12.3. The molecule has 0 aliphatic rings. The summed E-state index contributed by atoms with van der Waals surface area (Å²) in [7, 11) is 0. The second kappa shape index (κ2) is 5.16. The average Bonchev–Trinajstić information content (AvgIpc) is 3.10. The number of hydrogen-bond donors (Lipinski definition) is 2. The molecule has 0 spiro atoms. The zero-order valence-electron chi connectivity index (χ0n) is 11.3. The fourth-order valence-corrected chi connectivity index (χ4v) is 2.04. The van der Waals surface area contributed by atoms with Crippen molar-refractivity contribution in [2.75, 3.05) is 5.32 Å². The van der Waals surface area contributed by atoms with Crippen LogP contribution < -0.4 is 5.32 Å². The van der Waals surface area contributed by atoms with Crippen molar-refractivity contribution in [2.45, 2.75) is 19.9 Å². The molecule has 0 fully saturated rings. The van der Waals surface area contributed by atoms with Gasteiger partial charge in [-0.05, 0) is 43.3 Å². The first-order valence-corrected chi connectivity index (χ1v) is 6.39. The van der Waals surface area contributed by atoms with E-state index in [0.29, 0.717) is 5.82 Å². The highest BCUT2D eigenvalue weighted by atomic mass is 16.3. The number of hydrogen-bond acceptors (Lipinski definition) is 5. The van der Waals surface area contributed by atoms with E-state index in [9.17, 15) is 0 Å². The number of rotatable bonds is 4. The molecule has 6 nitrogen and oxygen atoms in total. The lowest BCUT2D eigenvalue weighted by Gasteiger charge is -2.13. The third-order valence-corrected chi connectivity index (χ3v) is 3.04. The maximum absolute atomic E-state index is 5.62. The number of anilines is 1. The zero-order valence-corrected chi connectivity index (χ0v) is 11.3. The van der Waals surface area contributed by atoms with E-state index in [1.807, 2.05) is 43.3 Å². The molecular weight excluding hydrogens is 254 g/mol. The first-order valence-electron chi connectivity index (χ1n) is 6.39. The Morgan fingerprint density at radius 3 is 2.85 bits per heavy atom. The highest BCUT2D eigenvalue weighted by Crippen LogP contribution is 2.24. The Bertz CT molecular complexity index is 689. The molecule has 0 amide bonds. The summed E-state index contributed by atoms with van der Waals surface area (Å²) in [5.74, 6) is 2.40. The Morgan fingerprint density at radius 2 is 2.15 bits per heavy atom. The van der Waals surface area contributed by atoms with E-state index in [1.54, 1.807) is 0 Å². The monoisotopic (exact) mass is 269 g/mol. The molecule has 0 aliphatic heterocycles. The summed E-state index contributed by atoms with van der Waals surface area (Å²) < 4.78 is 5.62. The Morgan fingerprint density at radius 1 is 1.25 bits per heavy atom. The van der Waals surface area contributed by atoms with Crippen LogP contribution in [0.2, 0.25) is 0 Å². The molecule has 1 atom stereocenters. The van der Waals surface area contributed by atoms with Gasteiger partial charge in [0.05, 0.1) is 6.04 Å². The van der Waals surface area contributed by atoms with E-state index in [4.69, 9.17) is 4.42 Å². The molecule has 2 N–H and O–H groups in total. The first kappa shape index (κ1) is 12.4. The molecule has 20 heavy (non-hydrogen) atoms. The molecule has 0 saturated heterocycles. The van der Waals surface area contributed by atoms with Crippen LogP contribution in [0.25, 0.3) is 11.4 Å². The van der Waals surface area contributed by atoms with Gasteiger partial charge in [0.2, 0.25) is 5.82 Å². The molecule has 2 heterocycles. The Balaban J connectivity index is 1.79. The number of aromatic amines is 1. The molecule has 102 valence electrons. The summed E-state index contributed by atoms with van der Waals surface area (Å²) >= 11 is 0. The standard InChI is InChI=1S/C14H15N5O/c1-9-6-7-13(20-9)10(2)15-12-5-3-4-11(8-12)14-16-18-19-17-14/h3-8,10,15H,1-2H3,(H,16,17,18,19). The highest BCUT2D eigenvalue weighted by molar-refractivity contribution is 5.62. The minimum absolute atomic E-state index is 0.0872. The summed E-state index contributed by atoms with van der Waals surface area (Å²) in [6.45, 7) is 3.99. The van der Waals surface area contributed by atoms with Crippen LogP contribution in [0.5, 0.6) is 0 Å². The van der Waals surface area contributed by atoms with Crippen molar-refractivity contribution >= 4 is 5.69 Å². The number of furan rings is 1. The third-order valence-electron chi connectivity index (χ3n) is 3.04. The van der Waals surface area contributed by atoms with Crippen LogP contribution in [0.15, 0.2) is 40.8 Å². The lowest BCUT2D eigenvalue weighted by Crippen LogP contribution is -2.05. The summed E-state index contributed by atoms with van der Waals surface area (Å²) in [6, 6.07) is 11.9. The molecule has 0 aliphatic carbocycles. The van der Waals surface area contributed by atoms with Crippen molar-refractivity contribution < 1.29 is 4.42 Å². The minimum Gasteiger partial charge on any atom is -0.464 e. The van der Waals surface area contributed by atoms with Crippen molar-refractivity contribution in [1.29, 1.82) is 0 Å². The van der Waals surface area contributed by atoms with Crippen LogP contribution in [-0.4, -0.2) is 20.6 Å². The van der Waals surface area contributed by atoms with Gasteiger partial charge in [0.1, 0.15) is 11.5 Å². The summed E-state index contributed by atoms with van der Waals surface area (Å²) in [5, 5.41) is 17.4. The maximum Gasteiger partial charge on any atom is 0.204 e. The molecule has 2 aromatic heterocycles. The van der Waals surface area contributed by atoms with Crippen LogP contribution in [0.4, 0.5) is 5.69 Å². The second-order valence-corrected chi connectivity index (χ2v) is 4.63. The number of aryl methyl sites for hydroxylation is 1. The van der Waals surface area contributed by atoms with E-state index in [1.165, 1.54) is 0 Å². The number of tetrazole rings is 1. The predicted molar refractivity (Wildman–Crippen MR) is 75.1 cm³/mol. The van der Waals surface area contributed by atoms with Crippen LogP contribution >= 0.6 is 0 Å². The Labute approximate surface area is 116 Å². The fraction of sp³-hybridized carbons (Fsp3) is 0.214. The van der Waals surface area contributed by atoms with Crippen molar-refractivity contribution in [2.24, 2.45) is 0 Å². The molecule has 0 saturated carbocycles. The molecule has 1 aromatic carbocycles. The quantitative estimate of drug-likeness (QED) is 0.761. The number of benzene rings is 1. The van der Waals surface area contributed by atoms with Gasteiger partial charge in [-0.1, -0.05) is 12.1 Å². The zero-order chi connectivity index (χ0) is 13.9. The number of aromatic nitrogens is 4. The largest absolute Gasteiger partial charge is 0.464 e. The van der Waals surface area contributed by atoms with E-state index < -0.39 is 0 Å². The Hall–Kier alpha value is -2.63. The van der Waals surface area contributed by atoms with Crippen molar-refractivity contribution in [3.63, 3.8) is 0 Å². The fourth-order valence-electron chi connectivity index (χ4n) is 2.04. The molecule has 0 bridgehead atoms. The van der Waals surface area contributed by atoms with Gasteiger partial charge in [0.25, 0.3) is 0 Å². The maximum atomic E-state index is 5.62. The summed E-state index contributed by atoms with van der Waals surface area (Å²) in [6.07, 6.45) is 0. The van der Waals surface area contributed by atoms with Crippen molar-refractivity contribution in [3.05, 3.63) is 47.9 Å². The lowest BCUT2D eigenvalue weighted by molar-refractivity contribution is 0.467. The number of H-pyrrole nitrogens is 1. The summed E-state index contributed by atoms with van der Waals surface area (Å²) in [5.41, 5.74) is 1.89. The van der Waals surface area contributed by atoms with Crippen molar-refractivity contribution in [1.82, 2.24) is 20.6 Å². The van der Waals surface area contributed by atoms with Gasteiger partial charge in [-0.25, -0.2) is 0 Å². The van der Waals surface area contributed by atoms with E-state index >= 15 is 0 Å². The van der Waals surface area contributed by atoms with Gasteiger partial charge in [-0.15, -0.1) is 10.2 Å². The van der Waals surface area contributed by atoms with E-state index in [0.717, 1.165) is 22.8 Å². The first-order chi connectivity index (χ1) is 9.72. The van der Waals surface area contributed by atoms with Gasteiger partial charge < -0.3 is 9.73 Å². The van der Waals surface area contributed by atoms with Crippen molar-refractivity contribution in [3.8, 4) is 11.4 Å². The third kappa shape index (κ3) is 2.54. The van der Waals surface area contributed by atoms with Gasteiger partial charge in [-0.3, -0.25) is 0 Å². The lowest BCUT2D eigenvalue weighted by atomic mass is 10.1. The highest BCUT2D eigenvalue weighted by Gasteiger charge is 2.10. The Kier molecular flexibility index (Phi) is 3.20. The van der Waals surface area contributed by atoms with Gasteiger partial charge >= 0.3 is 0 Å². The SMILES string of the molecule is Cc1ccc(C(C)Nc2cccc(-c3nn[nH]n3)c2)o1. The van der Waals surface area contributed by atoms with Crippen LogP contribution in [0.3, 0.4) is 0 Å². The van der Waals surface area contributed by atoms with Gasteiger partial charge in [-0.2, -0.15) is 5.21 Å². The molecule has 6 heteroatoms. The van der Waals surface area contributed by atoms with E-state index in [2.05, 4.69) is 32.9 Å². The smallest absolute Gasteiger partial charge is 0.204 e. The summed E-state index contributed by atoms with van der Waals surface area (Å²) in [4.78, 5) is 0. The van der Waals surface area contributed by atoms with Crippen LogP contribution in [0.1, 0.15) is 24.5 Å². The number of nitrogens with one attached hydrogen (secondary N) is 2. The van der Waals surface area contributed by atoms with Gasteiger partial charge in [0, 0.05) is 11.3 Å². The van der Waals surface area contributed by atoms with E-state index in [-0.39, 0.29) is 6.04 Å². The molecule has 3 rings (SSSR count). The minimum atomic E-state index is 0.0872. The van der Waals surface area contributed by atoms with Gasteiger partial charge in [0.15, 0.2) is 0 Å². The molecule has 0 radical (unpaired) electrons. The molecule has 1 unspecified atom stereocenters. The number of nitrogens with zero attached hydrogens (tertiary/aromatic N) is 3. The predicted octanol–water partition coefficient (Wildman–Crippen LogP) is 2.94. The van der Waals surface area contributed by atoms with Crippen LogP contribution in [0, 0.1) is 6.92 Å². The topological polar surface area (TPSA) is 79.6 Å².